The van der Waals surface area contributed by atoms with Crippen molar-refractivity contribution in [2.45, 2.75) is 56.7 Å². The first-order valence-electron chi connectivity index (χ1n) is 8.28. The molecule has 2 saturated carbocycles. The summed E-state index contributed by atoms with van der Waals surface area (Å²) in [7, 11) is -2.86. The summed E-state index contributed by atoms with van der Waals surface area (Å²) in [5, 5.41) is 3.60. The summed E-state index contributed by atoms with van der Waals surface area (Å²) in [4.78, 5) is 14.7. The van der Waals surface area contributed by atoms with Crippen LogP contribution in [0.2, 0.25) is 0 Å². The Morgan fingerprint density at radius 2 is 1.90 bits per heavy atom. The lowest BCUT2D eigenvalue weighted by atomic mass is 10.0. The zero-order valence-corrected chi connectivity index (χ0v) is 13.2. The smallest absolute Gasteiger partial charge is 0.244 e. The molecule has 1 spiro atoms. The van der Waals surface area contributed by atoms with Crippen molar-refractivity contribution in [3.8, 4) is 0 Å². The lowest BCUT2D eigenvalue weighted by Gasteiger charge is -2.30. The first kappa shape index (κ1) is 14.0. The van der Waals surface area contributed by atoms with Crippen LogP contribution in [0.3, 0.4) is 0 Å². The molecule has 2 heterocycles. The molecule has 4 fully saturated rings. The monoisotopic (exact) mass is 312 g/mol. The Morgan fingerprint density at radius 3 is 2.48 bits per heavy atom. The Hall–Kier alpha value is -0.620. The van der Waals surface area contributed by atoms with Crippen molar-refractivity contribution in [1.82, 2.24) is 10.2 Å². The van der Waals surface area contributed by atoms with E-state index in [1.807, 2.05) is 4.90 Å². The number of hydrogen-bond acceptors (Lipinski definition) is 4. The van der Waals surface area contributed by atoms with E-state index in [0.717, 1.165) is 19.3 Å². The second-order valence-corrected chi connectivity index (χ2v) is 9.67. The SMILES string of the molecule is O=C1N(CC2CCS(=O)(=O)C2)C(C2CCCC2)NC12CC2. The van der Waals surface area contributed by atoms with Gasteiger partial charge in [-0.15, -0.1) is 0 Å². The van der Waals surface area contributed by atoms with Crippen molar-refractivity contribution in [3.05, 3.63) is 0 Å². The first-order chi connectivity index (χ1) is 9.99. The van der Waals surface area contributed by atoms with Gasteiger partial charge in [-0.25, -0.2) is 8.42 Å². The normalized spacial score (nSPS) is 37.7. The van der Waals surface area contributed by atoms with Crippen LogP contribution in [0.4, 0.5) is 0 Å². The molecule has 0 radical (unpaired) electrons. The number of rotatable bonds is 3. The number of hydrogen-bond donors (Lipinski definition) is 1. The molecule has 2 atom stereocenters. The van der Waals surface area contributed by atoms with E-state index < -0.39 is 9.84 Å². The zero-order chi connectivity index (χ0) is 14.7. The first-order valence-corrected chi connectivity index (χ1v) is 10.1. The second kappa shape index (κ2) is 4.69. The van der Waals surface area contributed by atoms with Gasteiger partial charge in [-0.3, -0.25) is 10.1 Å². The fraction of sp³-hybridized carbons (Fsp3) is 0.933. The van der Waals surface area contributed by atoms with Crippen molar-refractivity contribution < 1.29 is 13.2 Å². The Morgan fingerprint density at radius 1 is 1.19 bits per heavy atom. The van der Waals surface area contributed by atoms with Crippen LogP contribution in [0.25, 0.3) is 0 Å². The molecule has 0 aromatic heterocycles. The van der Waals surface area contributed by atoms with E-state index >= 15 is 0 Å². The van der Waals surface area contributed by atoms with E-state index in [2.05, 4.69) is 5.32 Å². The minimum Gasteiger partial charge on any atom is -0.325 e. The molecule has 5 nitrogen and oxygen atoms in total. The van der Waals surface area contributed by atoms with Crippen LogP contribution in [-0.4, -0.2) is 49.0 Å². The molecular formula is C15H24N2O3S. The highest BCUT2D eigenvalue weighted by Crippen LogP contribution is 2.45. The molecule has 2 aliphatic heterocycles. The largest absolute Gasteiger partial charge is 0.325 e. The fourth-order valence-corrected chi connectivity index (χ4v) is 6.29. The Balaban J connectivity index is 1.51. The van der Waals surface area contributed by atoms with Crippen molar-refractivity contribution in [2.75, 3.05) is 18.1 Å². The van der Waals surface area contributed by atoms with Crippen LogP contribution < -0.4 is 5.32 Å². The summed E-state index contributed by atoms with van der Waals surface area (Å²) in [6, 6.07) is 0. The third kappa shape index (κ3) is 2.40. The topological polar surface area (TPSA) is 66.5 Å². The molecule has 1 N–H and O–H groups in total. The molecule has 0 aromatic carbocycles. The van der Waals surface area contributed by atoms with Gasteiger partial charge in [0.25, 0.3) is 0 Å². The molecule has 4 aliphatic rings. The van der Waals surface area contributed by atoms with Gasteiger partial charge in [0.2, 0.25) is 5.91 Å². The quantitative estimate of drug-likeness (QED) is 0.841. The second-order valence-electron chi connectivity index (χ2n) is 7.44. The molecule has 0 aromatic rings. The van der Waals surface area contributed by atoms with Crippen molar-refractivity contribution in [1.29, 1.82) is 0 Å². The number of amides is 1. The lowest BCUT2D eigenvalue weighted by Crippen LogP contribution is -2.44. The summed E-state index contributed by atoms with van der Waals surface area (Å²) < 4.78 is 23.3. The minimum atomic E-state index is -2.86. The summed E-state index contributed by atoms with van der Waals surface area (Å²) in [5.41, 5.74) is -0.273. The van der Waals surface area contributed by atoms with Gasteiger partial charge in [-0.2, -0.15) is 0 Å². The Bertz CT molecular complexity index is 549. The number of carbonyl (C=O) groups is 1. The van der Waals surface area contributed by atoms with Crippen LogP contribution in [-0.2, 0) is 14.6 Å². The molecule has 0 bridgehead atoms. The Kier molecular flexibility index (Phi) is 3.12. The molecule has 2 saturated heterocycles. The van der Waals surface area contributed by atoms with Crippen LogP contribution >= 0.6 is 0 Å². The minimum absolute atomic E-state index is 0.138. The third-order valence-corrected chi connectivity index (χ3v) is 7.65. The van der Waals surface area contributed by atoms with Crippen molar-refractivity contribution in [3.63, 3.8) is 0 Å². The zero-order valence-electron chi connectivity index (χ0n) is 12.4. The molecule has 1 amide bonds. The van der Waals surface area contributed by atoms with Crippen molar-refractivity contribution in [2.24, 2.45) is 11.8 Å². The van der Waals surface area contributed by atoms with Gasteiger partial charge >= 0.3 is 0 Å². The standard InChI is InChI=1S/C15H24N2O3S/c18-14-15(6-7-15)16-13(12-3-1-2-4-12)17(14)9-11-5-8-21(19,20)10-11/h11-13,16H,1-10H2. The molecular weight excluding hydrogens is 288 g/mol. The van der Waals surface area contributed by atoms with E-state index in [9.17, 15) is 13.2 Å². The van der Waals surface area contributed by atoms with Gasteiger partial charge < -0.3 is 4.90 Å². The highest BCUT2D eigenvalue weighted by molar-refractivity contribution is 7.91. The maximum atomic E-state index is 12.7. The highest BCUT2D eigenvalue weighted by atomic mass is 32.2. The maximum Gasteiger partial charge on any atom is 0.244 e. The van der Waals surface area contributed by atoms with Gasteiger partial charge in [0.15, 0.2) is 9.84 Å². The Labute approximate surface area is 126 Å². The molecule has 118 valence electrons. The van der Waals surface area contributed by atoms with Gasteiger partial charge in [0.05, 0.1) is 23.2 Å². The average molecular weight is 312 g/mol. The summed E-state index contributed by atoms with van der Waals surface area (Å²) in [6.45, 7) is 0.633. The number of nitrogens with one attached hydrogen (secondary N) is 1. The average Bonchev–Trinajstić information content (AvgIpc) is 2.79. The lowest BCUT2D eigenvalue weighted by molar-refractivity contribution is -0.131. The summed E-state index contributed by atoms with van der Waals surface area (Å²) in [6.07, 6.45) is 7.69. The summed E-state index contributed by atoms with van der Waals surface area (Å²) >= 11 is 0. The van der Waals surface area contributed by atoms with E-state index in [1.54, 1.807) is 0 Å². The molecule has 2 unspecified atom stereocenters. The van der Waals surface area contributed by atoms with Crippen LogP contribution in [0.1, 0.15) is 44.9 Å². The predicted octanol–water partition coefficient (Wildman–Crippen LogP) is 0.902. The van der Waals surface area contributed by atoms with E-state index in [-0.39, 0.29) is 29.3 Å². The number of carbonyl (C=O) groups excluding carboxylic acids is 1. The van der Waals surface area contributed by atoms with E-state index in [0.29, 0.717) is 18.2 Å². The van der Waals surface area contributed by atoms with Gasteiger partial charge in [0, 0.05) is 6.54 Å². The fourth-order valence-electron chi connectivity index (χ4n) is 4.44. The van der Waals surface area contributed by atoms with Gasteiger partial charge in [0.1, 0.15) is 0 Å². The van der Waals surface area contributed by atoms with Crippen LogP contribution in [0.15, 0.2) is 0 Å². The van der Waals surface area contributed by atoms with Crippen molar-refractivity contribution >= 4 is 15.7 Å². The highest BCUT2D eigenvalue weighted by Gasteiger charge is 2.60. The molecule has 4 rings (SSSR count). The molecule has 6 heteroatoms. The summed E-state index contributed by atoms with van der Waals surface area (Å²) in [5.74, 6) is 1.50. The number of sulfone groups is 1. The van der Waals surface area contributed by atoms with Crippen LogP contribution in [0.5, 0.6) is 0 Å². The molecule has 21 heavy (non-hydrogen) atoms. The van der Waals surface area contributed by atoms with Crippen LogP contribution in [0, 0.1) is 11.8 Å². The third-order valence-electron chi connectivity index (χ3n) is 5.81. The van der Waals surface area contributed by atoms with Gasteiger partial charge in [-0.05, 0) is 43.9 Å². The van der Waals surface area contributed by atoms with E-state index in [4.69, 9.17) is 0 Å². The van der Waals surface area contributed by atoms with E-state index in [1.165, 1.54) is 25.7 Å². The maximum absolute atomic E-state index is 12.7. The predicted molar refractivity (Wildman–Crippen MR) is 79.3 cm³/mol. The molecule has 2 aliphatic carbocycles. The number of nitrogens with zero attached hydrogens (tertiary/aromatic N) is 1. The van der Waals surface area contributed by atoms with Gasteiger partial charge in [-0.1, -0.05) is 12.8 Å².